The fourth-order valence-electron chi connectivity index (χ4n) is 3.01. The van der Waals surface area contributed by atoms with Crippen molar-refractivity contribution in [1.29, 1.82) is 0 Å². The lowest BCUT2D eigenvalue weighted by atomic mass is 10.1. The molecular weight excluding hydrogens is 370 g/mol. The van der Waals surface area contributed by atoms with Crippen LogP contribution < -0.4 is 5.32 Å². The van der Waals surface area contributed by atoms with Crippen LogP contribution in [0.4, 0.5) is 5.69 Å². The molecule has 2 aromatic carbocycles. The molecule has 9 heteroatoms. The first kappa shape index (κ1) is 18.2. The average molecular weight is 387 g/mol. The van der Waals surface area contributed by atoms with Crippen molar-refractivity contribution < 1.29 is 9.59 Å². The molecule has 1 amide bonds. The van der Waals surface area contributed by atoms with Crippen LogP contribution in [0.5, 0.6) is 0 Å². The van der Waals surface area contributed by atoms with E-state index in [1.807, 2.05) is 30.3 Å². The molecule has 1 atom stereocenters. The van der Waals surface area contributed by atoms with Crippen LogP contribution in [0.15, 0.2) is 73.3 Å². The molecule has 2 aromatic heterocycles. The zero-order valence-electron chi connectivity index (χ0n) is 15.5. The normalized spacial score (nSPS) is 11.8. The number of anilines is 1. The molecule has 4 rings (SSSR count). The number of tetrazole rings is 1. The minimum absolute atomic E-state index is 0.228. The number of carbonyl (C=O) groups is 2. The highest BCUT2D eigenvalue weighted by molar-refractivity contribution is 6.07. The third kappa shape index (κ3) is 3.79. The molecule has 0 aliphatic carbocycles. The second-order valence-corrected chi connectivity index (χ2v) is 6.36. The van der Waals surface area contributed by atoms with E-state index >= 15 is 0 Å². The number of hydrogen-bond donors (Lipinski definition) is 1. The summed E-state index contributed by atoms with van der Waals surface area (Å²) in [6.07, 6.45) is 4.66. The van der Waals surface area contributed by atoms with Crippen LogP contribution in [0, 0.1) is 0 Å². The van der Waals surface area contributed by atoms with Crippen LogP contribution in [-0.2, 0) is 11.8 Å². The van der Waals surface area contributed by atoms with Crippen molar-refractivity contribution >= 4 is 17.4 Å². The van der Waals surface area contributed by atoms with Gasteiger partial charge >= 0.3 is 0 Å². The number of hydrogen-bond acceptors (Lipinski definition) is 6. The number of aryl methyl sites for hydroxylation is 1. The maximum absolute atomic E-state index is 13.0. The maximum Gasteiger partial charge on any atom is 0.253 e. The Morgan fingerprint density at radius 1 is 1.07 bits per heavy atom. The molecule has 0 aliphatic rings. The van der Waals surface area contributed by atoms with E-state index in [4.69, 9.17) is 0 Å². The van der Waals surface area contributed by atoms with E-state index < -0.39 is 6.04 Å². The van der Waals surface area contributed by atoms with Gasteiger partial charge in [0.2, 0.25) is 5.78 Å². The van der Waals surface area contributed by atoms with E-state index in [1.165, 1.54) is 11.0 Å². The molecule has 0 fully saturated rings. The van der Waals surface area contributed by atoms with Gasteiger partial charge in [-0.05, 0) is 28.1 Å². The molecule has 0 radical (unpaired) electrons. The third-order valence-corrected chi connectivity index (χ3v) is 4.41. The van der Waals surface area contributed by atoms with Crippen molar-refractivity contribution in [1.82, 2.24) is 29.8 Å². The van der Waals surface area contributed by atoms with Crippen LogP contribution in [0.25, 0.3) is 0 Å². The van der Waals surface area contributed by atoms with Gasteiger partial charge in [0.1, 0.15) is 6.33 Å². The van der Waals surface area contributed by atoms with Crippen LogP contribution in [0.3, 0.4) is 0 Å². The number of ketones is 1. The summed E-state index contributed by atoms with van der Waals surface area (Å²) in [6.45, 7) is 0. The molecule has 1 unspecified atom stereocenters. The zero-order chi connectivity index (χ0) is 20.2. The zero-order valence-corrected chi connectivity index (χ0v) is 15.5. The van der Waals surface area contributed by atoms with Gasteiger partial charge in [-0.3, -0.25) is 9.59 Å². The molecule has 9 nitrogen and oxygen atoms in total. The Hall–Kier alpha value is -4.14. The molecule has 4 aromatic rings. The summed E-state index contributed by atoms with van der Waals surface area (Å²) in [7, 11) is 1.75. The number of rotatable bonds is 6. The Bertz CT molecular complexity index is 1140. The number of carbonyl (C=O) groups excluding carboxylic acids is 2. The predicted molar refractivity (Wildman–Crippen MR) is 104 cm³/mol. The van der Waals surface area contributed by atoms with Crippen molar-refractivity contribution in [3.05, 3.63) is 90.3 Å². The van der Waals surface area contributed by atoms with Crippen LogP contribution in [0.1, 0.15) is 27.8 Å². The summed E-state index contributed by atoms with van der Waals surface area (Å²) in [5.74, 6) is -0.233. The van der Waals surface area contributed by atoms with Crippen molar-refractivity contribution in [3.8, 4) is 0 Å². The molecule has 0 bridgehead atoms. The molecule has 29 heavy (non-hydrogen) atoms. The van der Waals surface area contributed by atoms with E-state index in [0.29, 0.717) is 17.1 Å². The lowest BCUT2D eigenvalue weighted by Crippen LogP contribution is -2.27. The first-order valence-electron chi connectivity index (χ1n) is 8.84. The maximum atomic E-state index is 13.0. The molecule has 0 aliphatic heterocycles. The summed E-state index contributed by atoms with van der Waals surface area (Å²) in [5, 5.41) is 14.0. The van der Waals surface area contributed by atoms with Crippen LogP contribution in [-0.4, -0.2) is 41.4 Å². The first-order valence-corrected chi connectivity index (χ1v) is 8.84. The van der Waals surface area contributed by atoms with Crippen LogP contribution in [0.2, 0.25) is 0 Å². The standard InChI is InChI=1S/C20H17N7O2/c1-26-11-10-21-19(26)18(28)15-8-5-9-16(12-15)23-20(29)17(27-13-22-24-25-27)14-6-3-2-4-7-14/h2-13,17H,1H3,(H,23,29). The first-order chi connectivity index (χ1) is 14.1. The molecule has 1 N–H and O–H groups in total. The minimum Gasteiger partial charge on any atom is -0.331 e. The topological polar surface area (TPSA) is 108 Å². The Labute approximate surface area is 166 Å². The van der Waals surface area contributed by atoms with Gasteiger partial charge in [0, 0.05) is 30.7 Å². The van der Waals surface area contributed by atoms with Gasteiger partial charge in [-0.1, -0.05) is 42.5 Å². The Morgan fingerprint density at radius 3 is 2.59 bits per heavy atom. The largest absolute Gasteiger partial charge is 0.331 e. The fourth-order valence-corrected chi connectivity index (χ4v) is 3.01. The predicted octanol–water partition coefficient (Wildman–Crippen LogP) is 1.87. The molecule has 144 valence electrons. The number of benzene rings is 2. The van der Waals surface area contributed by atoms with Crippen molar-refractivity contribution in [2.45, 2.75) is 6.04 Å². The number of imidazole rings is 1. The highest BCUT2D eigenvalue weighted by atomic mass is 16.2. The summed E-state index contributed by atoms with van der Waals surface area (Å²) in [5.41, 5.74) is 1.65. The Kier molecular flexibility index (Phi) is 4.93. The SMILES string of the molecule is Cn1ccnc1C(=O)c1cccc(NC(=O)C(c2ccccc2)n2cnnn2)c1. The number of nitrogens with zero attached hydrogens (tertiary/aromatic N) is 6. The van der Waals surface area contributed by atoms with E-state index in [0.717, 1.165) is 5.56 Å². The Balaban J connectivity index is 1.60. The monoisotopic (exact) mass is 387 g/mol. The van der Waals surface area contributed by atoms with Gasteiger partial charge < -0.3 is 9.88 Å². The quantitative estimate of drug-likeness (QED) is 0.506. The highest BCUT2D eigenvalue weighted by Gasteiger charge is 2.24. The lowest BCUT2D eigenvalue weighted by Gasteiger charge is -2.17. The molecular formula is C20H17N7O2. The number of amides is 1. The van der Waals surface area contributed by atoms with Crippen LogP contribution >= 0.6 is 0 Å². The number of aromatic nitrogens is 6. The van der Waals surface area contributed by atoms with Gasteiger partial charge in [-0.15, -0.1) is 5.10 Å². The minimum atomic E-state index is -0.750. The lowest BCUT2D eigenvalue weighted by molar-refractivity contribution is -0.118. The van der Waals surface area contributed by atoms with Gasteiger partial charge in [-0.25, -0.2) is 9.67 Å². The summed E-state index contributed by atoms with van der Waals surface area (Å²) < 4.78 is 3.03. The van der Waals surface area contributed by atoms with Gasteiger partial charge in [0.15, 0.2) is 11.9 Å². The van der Waals surface area contributed by atoms with E-state index in [-0.39, 0.29) is 11.7 Å². The van der Waals surface area contributed by atoms with E-state index in [9.17, 15) is 9.59 Å². The second kappa shape index (κ2) is 7.85. The molecule has 0 saturated carbocycles. The van der Waals surface area contributed by atoms with Gasteiger partial charge in [0.05, 0.1) is 0 Å². The summed E-state index contributed by atoms with van der Waals surface area (Å²) >= 11 is 0. The van der Waals surface area contributed by atoms with Crippen molar-refractivity contribution in [2.24, 2.45) is 7.05 Å². The van der Waals surface area contributed by atoms with Gasteiger partial charge in [0.25, 0.3) is 5.91 Å². The average Bonchev–Trinajstić information content (AvgIpc) is 3.41. The third-order valence-electron chi connectivity index (χ3n) is 4.41. The highest BCUT2D eigenvalue weighted by Crippen LogP contribution is 2.20. The summed E-state index contributed by atoms with van der Waals surface area (Å²) in [6, 6.07) is 15.2. The van der Waals surface area contributed by atoms with Gasteiger partial charge in [-0.2, -0.15) is 0 Å². The van der Waals surface area contributed by atoms with E-state index in [1.54, 1.807) is 48.3 Å². The summed E-state index contributed by atoms with van der Waals surface area (Å²) in [4.78, 5) is 29.8. The molecule has 0 spiro atoms. The van der Waals surface area contributed by atoms with Crippen molar-refractivity contribution in [2.75, 3.05) is 5.32 Å². The van der Waals surface area contributed by atoms with Crippen molar-refractivity contribution in [3.63, 3.8) is 0 Å². The second-order valence-electron chi connectivity index (χ2n) is 6.36. The number of nitrogens with one attached hydrogen (secondary N) is 1. The smallest absolute Gasteiger partial charge is 0.253 e. The Morgan fingerprint density at radius 2 is 1.90 bits per heavy atom. The molecule has 2 heterocycles. The van der Waals surface area contributed by atoms with E-state index in [2.05, 4.69) is 25.8 Å². The fraction of sp³-hybridized carbons (Fsp3) is 0.100. The molecule has 0 saturated heterocycles.